The fourth-order valence-electron chi connectivity index (χ4n) is 2.07. The van der Waals surface area contributed by atoms with Crippen molar-refractivity contribution in [1.29, 1.82) is 0 Å². The van der Waals surface area contributed by atoms with Crippen molar-refractivity contribution in [2.75, 3.05) is 0 Å². The van der Waals surface area contributed by atoms with Gasteiger partial charge in [-0.05, 0) is 31.2 Å². The minimum atomic E-state index is -0.962. The molecule has 3 rings (SSSR count). The highest BCUT2D eigenvalue weighted by Gasteiger charge is 2.14. The number of carboxylic acids is 1. The number of rotatable bonds is 4. The molecule has 0 atom stereocenters. The molecule has 7 nitrogen and oxygen atoms in total. The van der Waals surface area contributed by atoms with Crippen LogP contribution < -0.4 is 0 Å². The van der Waals surface area contributed by atoms with Gasteiger partial charge in [0.05, 0.1) is 17.1 Å². The minimum absolute atomic E-state index is 0.248. The largest absolute Gasteiger partial charge is 0.477 e. The van der Waals surface area contributed by atoms with E-state index in [1.165, 1.54) is 0 Å². The first kappa shape index (κ1) is 15.0. The molecule has 0 aliphatic carbocycles. The highest BCUT2D eigenvalue weighted by Crippen LogP contribution is 2.23. The van der Waals surface area contributed by atoms with Crippen LogP contribution in [0.3, 0.4) is 0 Å². The number of aromatic carboxylic acids is 1. The van der Waals surface area contributed by atoms with Crippen molar-refractivity contribution in [1.82, 2.24) is 25.0 Å². The highest BCUT2D eigenvalue weighted by atomic mass is 32.1. The summed E-state index contributed by atoms with van der Waals surface area (Å²) in [5.74, 6) is -0.962. The standard InChI is InChI=1S/C15H13N5O2S/c1-9-14(15(21)22)23-12(17-9)7-6-11-13(18-19-20(11)2)10-5-3-4-8-16-10/h3-8H,1-2H3,(H,21,22). The third kappa shape index (κ3) is 3.02. The van der Waals surface area contributed by atoms with Gasteiger partial charge in [-0.15, -0.1) is 16.4 Å². The number of thiazole rings is 1. The molecule has 23 heavy (non-hydrogen) atoms. The molecule has 0 aliphatic rings. The molecule has 3 aromatic heterocycles. The summed E-state index contributed by atoms with van der Waals surface area (Å²) >= 11 is 1.13. The van der Waals surface area contributed by atoms with E-state index in [1.807, 2.05) is 24.3 Å². The molecule has 0 radical (unpaired) electrons. The van der Waals surface area contributed by atoms with Crippen LogP contribution in [0.2, 0.25) is 0 Å². The van der Waals surface area contributed by atoms with Gasteiger partial charge in [-0.25, -0.2) is 14.5 Å². The maximum atomic E-state index is 11.1. The predicted molar refractivity (Wildman–Crippen MR) is 87.0 cm³/mol. The van der Waals surface area contributed by atoms with Gasteiger partial charge in [-0.3, -0.25) is 4.98 Å². The van der Waals surface area contributed by atoms with Gasteiger partial charge in [0.1, 0.15) is 15.6 Å². The van der Waals surface area contributed by atoms with E-state index in [9.17, 15) is 4.79 Å². The second-order valence-corrected chi connectivity index (χ2v) is 5.80. The van der Waals surface area contributed by atoms with Crippen LogP contribution in [0.1, 0.15) is 26.1 Å². The lowest BCUT2D eigenvalue weighted by Gasteiger charge is -1.98. The SMILES string of the molecule is Cc1nc(C=Cc2c(-c3ccccn3)nnn2C)sc1C(=O)O. The second kappa shape index (κ2) is 6.09. The Hall–Kier alpha value is -2.87. The maximum Gasteiger partial charge on any atom is 0.347 e. The van der Waals surface area contributed by atoms with E-state index in [1.54, 1.807) is 30.9 Å². The lowest BCUT2D eigenvalue weighted by molar-refractivity contribution is 0.0701. The van der Waals surface area contributed by atoms with E-state index in [0.717, 1.165) is 22.7 Å². The van der Waals surface area contributed by atoms with Gasteiger partial charge >= 0.3 is 5.97 Å². The molecule has 3 heterocycles. The Morgan fingerprint density at radius 3 is 2.83 bits per heavy atom. The normalized spacial score (nSPS) is 11.2. The third-order valence-corrected chi connectivity index (χ3v) is 4.28. The van der Waals surface area contributed by atoms with Crippen LogP contribution in [-0.2, 0) is 7.05 Å². The van der Waals surface area contributed by atoms with Crippen molar-refractivity contribution in [3.8, 4) is 11.4 Å². The van der Waals surface area contributed by atoms with E-state index < -0.39 is 5.97 Å². The molecule has 0 aliphatic heterocycles. The highest BCUT2D eigenvalue weighted by molar-refractivity contribution is 7.14. The number of hydrogen-bond donors (Lipinski definition) is 1. The van der Waals surface area contributed by atoms with Gasteiger partial charge < -0.3 is 5.11 Å². The molecule has 0 amide bonds. The maximum absolute atomic E-state index is 11.1. The van der Waals surface area contributed by atoms with Crippen LogP contribution in [0, 0.1) is 6.92 Å². The van der Waals surface area contributed by atoms with Crippen molar-refractivity contribution in [3.63, 3.8) is 0 Å². The number of nitrogens with zero attached hydrogens (tertiary/aromatic N) is 5. The van der Waals surface area contributed by atoms with Crippen LogP contribution in [0.25, 0.3) is 23.5 Å². The van der Waals surface area contributed by atoms with Crippen molar-refractivity contribution in [3.05, 3.63) is 45.7 Å². The molecule has 1 N–H and O–H groups in total. The van der Waals surface area contributed by atoms with Crippen molar-refractivity contribution in [2.45, 2.75) is 6.92 Å². The molecule has 0 fully saturated rings. The Morgan fingerprint density at radius 2 is 2.17 bits per heavy atom. The third-order valence-electron chi connectivity index (χ3n) is 3.17. The summed E-state index contributed by atoms with van der Waals surface area (Å²) in [5.41, 5.74) is 2.67. The number of aromatic nitrogens is 5. The number of aryl methyl sites for hydroxylation is 2. The molecule has 0 spiro atoms. The number of carbonyl (C=O) groups is 1. The van der Waals surface area contributed by atoms with Crippen LogP contribution in [0.5, 0.6) is 0 Å². The molecular formula is C15H13N5O2S. The van der Waals surface area contributed by atoms with E-state index in [-0.39, 0.29) is 4.88 Å². The number of carboxylic acid groups (broad SMARTS) is 1. The summed E-state index contributed by atoms with van der Waals surface area (Å²) in [7, 11) is 1.79. The molecule has 3 aromatic rings. The average molecular weight is 327 g/mol. The molecule has 8 heteroatoms. The molecule has 0 aromatic carbocycles. The summed E-state index contributed by atoms with van der Waals surface area (Å²) in [6.45, 7) is 1.68. The quantitative estimate of drug-likeness (QED) is 0.791. The first-order valence-corrected chi connectivity index (χ1v) is 7.58. The first-order chi connectivity index (χ1) is 11.1. The van der Waals surface area contributed by atoms with Crippen LogP contribution in [0.15, 0.2) is 24.4 Å². The number of hydrogen-bond acceptors (Lipinski definition) is 6. The Kier molecular flexibility index (Phi) is 3.98. The van der Waals surface area contributed by atoms with Crippen LogP contribution in [0.4, 0.5) is 0 Å². The van der Waals surface area contributed by atoms with Crippen molar-refractivity contribution >= 4 is 29.5 Å². The zero-order chi connectivity index (χ0) is 16.4. The van der Waals surface area contributed by atoms with Crippen molar-refractivity contribution < 1.29 is 9.90 Å². The van der Waals surface area contributed by atoms with E-state index in [4.69, 9.17) is 5.11 Å². The summed E-state index contributed by atoms with van der Waals surface area (Å²) in [5, 5.41) is 17.9. The Bertz CT molecular complexity index is 883. The lowest BCUT2D eigenvalue weighted by atomic mass is 10.2. The smallest absolute Gasteiger partial charge is 0.347 e. The van der Waals surface area contributed by atoms with E-state index in [0.29, 0.717) is 16.4 Å². The Labute approximate surface area is 136 Å². The van der Waals surface area contributed by atoms with Gasteiger partial charge in [0.2, 0.25) is 0 Å². The monoisotopic (exact) mass is 327 g/mol. The fraction of sp³-hybridized carbons (Fsp3) is 0.133. The Morgan fingerprint density at radius 1 is 1.35 bits per heavy atom. The molecule has 0 saturated heterocycles. The molecular weight excluding hydrogens is 314 g/mol. The lowest BCUT2D eigenvalue weighted by Crippen LogP contribution is -1.94. The van der Waals surface area contributed by atoms with Crippen LogP contribution >= 0.6 is 11.3 Å². The predicted octanol–water partition coefficient (Wildman–Crippen LogP) is 2.51. The fourth-order valence-corrected chi connectivity index (χ4v) is 2.88. The molecule has 0 bridgehead atoms. The van der Waals surface area contributed by atoms with Gasteiger partial charge in [0.25, 0.3) is 0 Å². The molecule has 116 valence electrons. The van der Waals surface area contributed by atoms with Crippen LogP contribution in [-0.4, -0.2) is 36.0 Å². The first-order valence-electron chi connectivity index (χ1n) is 6.76. The minimum Gasteiger partial charge on any atom is -0.477 e. The van der Waals surface area contributed by atoms with Gasteiger partial charge in [-0.1, -0.05) is 11.3 Å². The average Bonchev–Trinajstić information content (AvgIpc) is 3.09. The number of pyridine rings is 1. The summed E-state index contributed by atoms with van der Waals surface area (Å²) in [6.07, 6.45) is 5.27. The van der Waals surface area contributed by atoms with Crippen molar-refractivity contribution in [2.24, 2.45) is 7.05 Å². The van der Waals surface area contributed by atoms with Gasteiger partial charge in [0.15, 0.2) is 0 Å². The zero-order valence-electron chi connectivity index (χ0n) is 12.5. The topological polar surface area (TPSA) is 93.8 Å². The summed E-state index contributed by atoms with van der Waals surface area (Å²) in [6, 6.07) is 5.58. The van der Waals surface area contributed by atoms with Gasteiger partial charge in [-0.2, -0.15) is 0 Å². The second-order valence-electron chi connectivity index (χ2n) is 4.77. The van der Waals surface area contributed by atoms with Gasteiger partial charge in [0, 0.05) is 13.2 Å². The zero-order valence-corrected chi connectivity index (χ0v) is 13.3. The summed E-state index contributed by atoms with van der Waals surface area (Å²) in [4.78, 5) is 19.9. The van der Waals surface area contributed by atoms with E-state index >= 15 is 0 Å². The molecule has 0 unspecified atom stereocenters. The Balaban J connectivity index is 1.96. The molecule has 0 saturated carbocycles. The summed E-state index contributed by atoms with van der Waals surface area (Å²) < 4.78 is 1.64. The van der Waals surface area contributed by atoms with E-state index in [2.05, 4.69) is 20.3 Å².